The fourth-order valence-electron chi connectivity index (χ4n) is 5.07. The Kier molecular flexibility index (Phi) is 5.36. The lowest BCUT2D eigenvalue weighted by atomic mass is 9.94. The first kappa shape index (κ1) is 21.6. The highest BCUT2D eigenvalue weighted by Crippen LogP contribution is 2.59. The molecule has 0 radical (unpaired) electrons. The number of nitrogens with zero attached hydrogens (tertiary/aromatic N) is 5. The normalized spacial score (nSPS) is 23.0. The molecule has 1 saturated heterocycles. The minimum Gasteiger partial charge on any atom is -0.313 e. The molecule has 2 fully saturated rings. The van der Waals surface area contributed by atoms with Gasteiger partial charge in [-0.2, -0.15) is 13.2 Å². The predicted octanol–water partition coefficient (Wildman–Crippen LogP) is 4.86. The van der Waals surface area contributed by atoms with Gasteiger partial charge in [-0.1, -0.05) is 12.1 Å². The van der Waals surface area contributed by atoms with Crippen molar-refractivity contribution in [1.29, 1.82) is 0 Å². The van der Waals surface area contributed by atoms with Gasteiger partial charge in [0, 0.05) is 38.2 Å². The summed E-state index contributed by atoms with van der Waals surface area (Å²) in [6.07, 6.45) is 1.64. The largest absolute Gasteiger partial charge is 0.416 e. The Morgan fingerprint density at radius 2 is 1.94 bits per heavy atom. The molecule has 0 bridgehead atoms. The van der Waals surface area contributed by atoms with Crippen LogP contribution in [0.3, 0.4) is 0 Å². The molecule has 2 atom stereocenters. The van der Waals surface area contributed by atoms with E-state index >= 15 is 0 Å². The molecule has 2 aliphatic rings. The molecule has 3 heterocycles. The topological polar surface area (TPSA) is 46.8 Å². The maximum atomic E-state index is 12.9. The number of hydrogen-bond donors (Lipinski definition) is 0. The molecule has 1 unspecified atom stereocenters. The highest BCUT2D eigenvalue weighted by Gasteiger charge is 2.60. The van der Waals surface area contributed by atoms with E-state index in [2.05, 4.69) is 24.6 Å². The van der Waals surface area contributed by atoms with Gasteiger partial charge in [0.15, 0.2) is 5.82 Å². The minimum absolute atomic E-state index is 0.0650. The van der Waals surface area contributed by atoms with Gasteiger partial charge in [-0.15, -0.1) is 21.5 Å². The molecule has 0 spiro atoms. The zero-order chi connectivity index (χ0) is 22.5. The lowest BCUT2D eigenvalue weighted by Gasteiger charge is -2.21. The average molecular weight is 462 g/mol. The van der Waals surface area contributed by atoms with Crippen LogP contribution in [0.25, 0.3) is 10.7 Å². The van der Waals surface area contributed by atoms with Gasteiger partial charge in [-0.3, -0.25) is 0 Å². The predicted molar refractivity (Wildman–Crippen MR) is 117 cm³/mol. The second-order valence-corrected chi connectivity index (χ2v) is 10.3. The number of fused-ring (bicyclic) bond motifs is 1. The quantitative estimate of drug-likeness (QED) is 0.472. The van der Waals surface area contributed by atoms with Crippen LogP contribution in [0.1, 0.15) is 41.2 Å². The van der Waals surface area contributed by atoms with Crippen LogP contribution in [-0.2, 0) is 25.1 Å². The highest BCUT2D eigenvalue weighted by molar-refractivity contribution is 7.14. The molecule has 1 aliphatic heterocycles. The summed E-state index contributed by atoms with van der Waals surface area (Å²) in [5, 5.41) is 9.72. The Balaban J connectivity index is 1.12. The molecule has 32 heavy (non-hydrogen) atoms. The van der Waals surface area contributed by atoms with E-state index in [0.29, 0.717) is 5.92 Å². The molecule has 1 aromatic carbocycles. The lowest BCUT2D eigenvalue weighted by molar-refractivity contribution is -0.137. The minimum atomic E-state index is -4.27. The van der Waals surface area contributed by atoms with Gasteiger partial charge in [0.25, 0.3) is 0 Å². The van der Waals surface area contributed by atoms with E-state index in [1.165, 1.54) is 12.1 Å². The summed E-state index contributed by atoms with van der Waals surface area (Å²) in [4.78, 5) is 7.80. The molecule has 3 aromatic rings. The molecular formula is C23H26F3N5S. The van der Waals surface area contributed by atoms with Crippen molar-refractivity contribution < 1.29 is 13.2 Å². The van der Waals surface area contributed by atoms with Crippen LogP contribution in [-0.4, -0.2) is 44.3 Å². The SMILES string of the molecule is Cc1ncc(-c2nnc(CCCCN3CC4C[C@]4(c4ccc(C(F)(F)F)cc4)C3)n2C)s1. The van der Waals surface area contributed by atoms with E-state index in [1.807, 2.05) is 20.2 Å². The van der Waals surface area contributed by atoms with Crippen LogP contribution in [0.2, 0.25) is 0 Å². The van der Waals surface area contributed by atoms with E-state index in [0.717, 1.165) is 72.4 Å². The number of thiazole rings is 1. The number of rotatable bonds is 7. The van der Waals surface area contributed by atoms with Crippen molar-refractivity contribution in [3.8, 4) is 10.7 Å². The van der Waals surface area contributed by atoms with Crippen molar-refractivity contribution in [2.24, 2.45) is 13.0 Å². The molecule has 170 valence electrons. The van der Waals surface area contributed by atoms with E-state index in [4.69, 9.17) is 0 Å². The fraction of sp³-hybridized carbons (Fsp3) is 0.522. The Hall–Kier alpha value is -2.26. The maximum Gasteiger partial charge on any atom is 0.416 e. The molecule has 0 amide bonds. The first-order valence-corrected chi connectivity index (χ1v) is 11.8. The zero-order valence-electron chi connectivity index (χ0n) is 18.2. The number of hydrogen-bond acceptors (Lipinski definition) is 5. The van der Waals surface area contributed by atoms with Gasteiger partial charge >= 0.3 is 6.18 Å². The van der Waals surface area contributed by atoms with Crippen LogP contribution >= 0.6 is 11.3 Å². The van der Waals surface area contributed by atoms with E-state index in [-0.39, 0.29) is 5.41 Å². The van der Waals surface area contributed by atoms with Crippen molar-refractivity contribution in [3.05, 3.63) is 52.4 Å². The second kappa shape index (κ2) is 7.95. The summed E-state index contributed by atoms with van der Waals surface area (Å²) in [6, 6.07) is 5.82. The Labute approximate surface area is 189 Å². The van der Waals surface area contributed by atoms with Crippen LogP contribution in [0.15, 0.2) is 30.5 Å². The summed E-state index contributed by atoms with van der Waals surface area (Å²) in [6.45, 7) is 4.98. The van der Waals surface area contributed by atoms with Crippen molar-refractivity contribution in [1.82, 2.24) is 24.6 Å². The van der Waals surface area contributed by atoms with Gasteiger partial charge in [0.1, 0.15) is 5.82 Å². The molecule has 1 saturated carbocycles. The van der Waals surface area contributed by atoms with Gasteiger partial charge in [-0.25, -0.2) is 4.98 Å². The van der Waals surface area contributed by atoms with Crippen molar-refractivity contribution in [2.75, 3.05) is 19.6 Å². The summed E-state index contributed by atoms with van der Waals surface area (Å²) < 4.78 is 40.6. The number of likely N-dealkylation sites (tertiary alicyclic amines) is 1. The fourth-order valence-corrected chi connectivity index (χ4v) is 5.87. The highest BCUT2D eigenvalue weighted by atomic mass is 32.1. The summed E-state index contributed by atoms with van der Waals surface area (Å²) >= 11 is 1.62. The van der Waals surface area contributed by atoms with Crippen molar-refractivity contribution in [2.45, 2.75) is 44.2 Å². The zero-order valence-corrected chi connectivity index (χ0v) is 19.0. The first-order valence-electron chi connectivity index (χ1n) is 11.0. The third-order valence-corrected chi connectivity index (χ3v) is 7.84. The number of alkyl halides is 3. The number of unbranched alkanes of at least 4 members (excludes halogenated alkanes) is 1. The third kappa shape index (κ3) is 3.96. The molecule has 2 aromatic heterocycles. The Bertz CT molecular complexity index is 1100. The maximum absolute atomic E-state index is 12.9. The van der Waals surface area contributed by atoms with Gasteiger partial charge in [0.05, 0.1) is 15.4 Å². The van der Waals surface area contributed by atoms with Gasteiger partial charge < -0.3 is 9.47 Å². The first-order chi connectivity index (χ1) is 15.3. The van der Waals surface area contributed by atoms with Crippen LogP contribution in [0, 0.1) is 12.8 Å². The number of piperidine rings is 1. The number of aromatic nitrogens is 4. The number of halogens is 3. The van der Waals surface area contributed by atoms with Crippen LogP contribution in [0.4, 0.5) is 13.2 Å². The van der Waals surface area contributed by atoms with Crippen LogP contribution in [0.5, 0.6) is 0 Å². The smallest absolute Gasteiger partial charge is 0.313 e. The second-order valence-electron chi connectivity index (χ2n) is 9.07. The van der Waals surface area contributed by atoms with Crippen LogP contribution < -0.4 is 0 Å². The van der Waals surface area contributed by atoms with Gasteiger partial charge in [0.2, 0.25) is 0 Å². The molecule has 9 heteroatoms. The number of benzene rings is 1. The molecular weight excluding hydrogens is 435 g/mol. The molecule has 1 aliphatic carbocycles. The Morgan fingerprint density at radius 3 is 2.62 bits per heavy atom. The summed E-state index contributed by atoms with van der Waals surface area (Å²) in [7, 11) is 2.00. The monoisotopic (exact) mass is 461 g/mol. The Morgan fingerprint density at radius 1 is 1.16 bits per heavy atom. The lowest BCUT2D eigenvalue weighted by Crippen LogP contribution is -2.27. The summed E-state index contributed by atoms with van der Waals surface area (Å²) in [5.41, 5.74) is 0.556. The molecule has 5 rings (SSSR count). The van der Waals surface area contributed by atoms with E-state index in [1.54, 1.807) is 23.5 Å². The summed E-state index contributed by atoms with van der Waals surface area (Å²) in [5.74, 6) is 2.42. The van der Waals surface area contributed by atoms with Crippen molar-refractivity contribution >= 4 is 11.3 Å². The van der Waals surface area contributed by atoms with Crippen molar-refractivity contribution in [3.63, 3.8) is 0 Å². The standard InChI is InChI=1S/C23H26F3N5S/c1-15-27-12-19(32-15)21-29-28-20(30(21)2)5-3-4-10-31-13-18-11-22(18,14-31)16-6-8-17(9-7-16)23(24,25)26/h6-9,12,18H,3-5,10-11,13-14H2,1-2H3/t18?,22-/m1/s1. The van der Waals surface area contributed by atoms with E-state index < -0.39 is 11.7 Å². The number of aryl methyl sites for hydroxylation is 2. The molecule has 0 N–H and O–H groups in total. The van der Waals surface area contributed by atoms with Gasteiger partial charge in [-0.05, 0) is 56.3 Å². The third-order valence-electron chi connectivity index (χ3n) is 6.93. The average Bonchev–Trinajstić information content (AvgIpc) is 3.06. The molecule has 5 nitrogen and oxygen atoms in total. The van der Waals surface area contributed by atoms with E-state index in [9.17, 15) is 13.2 Å².